The first-order valence-corrected chi connectivity index (χ1v) is 7.97. The van der Waals surface area contributed by atoms with Crippen molar-refractivity contribution in [1.82, 2.24) is 9.80 Å². The number of imide groups is 1. The van der Waals surface area contributed by atoms with Crippen molar-refractivity contribution < 1.29 is 23.2 Å². The van der Waals surface area contributed by atoms with Crippen LogP contribution in [0.2, 0.25) is 0 Å². The van der Waals surface area contributed by atoms with Crippen LogP contribution in [0.3, 0.4) is 0 Å². The Morgan fingerprint density at radius 3 is 2.19 bits per heavy atom. The van der Waals surface area contributed by atoms with Crippen molar-refractivity contribution in [2.45, 2.75) is 19.5 Å². The Labute approximate surface area is 148 Å². The van der Waals surface area contributed by atoms with E-state index in [-0.39, 0.29) is 23.2 Å². The molecule has 2 aromatic carbocycles. The molecule has 5 nitrogen and oxygen atoms in total. The number of carbonyl (C=O) groups excluding carboxylic acids is 3. The summed E-state index contributed by atoms with van der Waals surface area (Å²) in [7, 11) is 1.43. The van der Waals surface area contributed by atoms with Crippen LogP contribution in [-0.2, 0) is 11.3 Å². The first-order chi connectivity index (χ1) is 12.3. The normalized spacial score (nSPS) is 14.4. The summed E-state index contributed by atoms with van der Waals surface area (Å²) in [6.07, 6.45) is 0. The maximum atomic E-state index is 13.8. The van der Waals surface area contributed by atoms with Gasteiger partial charge in [0.15, 0.2) is 0 Å². The van der Waals surface area contributed by atoms with Gasteiger partial charge in [0.1, 0.15) is 17.7 Å². The van der Waals surface area contributed by atoms with Gasteiger partial charge in [-0.3, -0.25) is 19.3 Å². The van der Waals surface area contributed by atoms with Crippen molar-refractivity contribution in [2.24, 2.45) is 0 Å². The molecule has 0 aliphatic carbocycles. The molecule has 7 heteroatoms. The minimum absolute atomic E-state index is 0.113. The third-order valence-electron chi connectivity index (χ3n) is 4.37. The lowest BCUT2D eigenvalue weighted by atomic mass is 10.1. The van der Waals surface area contributed by atoms with Gasteiger partial charge in [-0.05, 0) is 25.1 Å². The maximum Gasteiger partial charge on any atom is 0.262 e. The van der Waals surface area contributed by atoms with Crippen LogP contribution in [0.1, 0.15) is 33.2 Å². The van der Waals surface area contributed by atoms with E-state index in [1.807, 2.05) is 0 Å². The number of fused-ring (bicyclic) bond motifs is 1. The molecule has 2 aromatic rings. The fourth-order valence-corrected chi connectivity index (χ4v) is 2.97. The quantitative estimate of drug-likeness (QED) is 0.790. The lowest BCUT2D eigenvalue weighted by molar-refractivity contribution is -0.134. The molecule has 1 atom stereocenters. The van der Waals surface area contributed by atoms with Crippen LogP contribution in [0.5, 0.6) is 0 Å². The van der Waals surface area contributed by atoms with Gasteiger partial charge in [-0.2, -0.15) is 0 Å². The van der Waals surface area contributed by atoms with Crippen LogP contribution in [0.4, 0.5) is 8.78 Å². The van der Waals surface area contributed by atoms with Crippen molar-refractivity contribution in [3.8, 4) is 0 Å². The highest BCUT2D eigenvalue weighted by Gasteiger charge is 2.41. The van der Waals surface area contributed by atoms with Gasteiger partial charge in [0.05, 0.1) is 11.1 Å². The predicted molar refractivity (Wildman–Crippen MR) is 89.2 cm³/mol. The zero-order chi connectivity index (χ0) is 19.0. The van der Waals surface area contributed by atoms with E-state index in [0.717, 1.165) is 17.0 Å². The molecule has 0 N–H and O–H groups in total. The highest BCUT2D eigenvalue weighted by atomic mass is 19.1. The molecule has 134 valence electrons. The molecule has 26 heavy (non-hydrogen) atoms. The Morgan fingerprint density at radius 1 is 1.08 bits per heavy atom. The number of carbonyl (C=O) groups is 3. The van der Waals surface area contributed by atoms with Crippen molar-refractivity contribution in [3.63, 3.8) is 0 Å². The predicted octanol–water partition coefficient (Wildman–Crippen LogP) is 2.61. The minimum Gasteiger partial charge on any atom is -0.340 e. The minimum atomic E-state index is -1.05. The van der Waals surface area contributed by atoms with E-state index < -0.39 is 35.4 Å². The van der Waals surface area contributed by atoms with Gasteiger partial charge in [-0.15, -0.1) is 0 Å². The van der Waals surface area contributed by atoms with Crippen molar-refractivity contribution in [2.75, 3.05) is 7.05 Å². The fraction of sp³-hybridized carbons (Fsp3) is 0.211. The van der Waals surface area contributed by atoms with E-state index in [1.165, 1.54) is 37.1 Å². The Balaban J connectivity index is 1.77. The van der Waals surface area contributed by atoms with Gasteiger partial charge in [-0.25, -0.2) is 8.78 Å². The summed E-state index contributed by atoms with van der Waals surface area (Å²) in [5.74, 6) is -3.07. The van der Waals surface area contributed by atoms with Crippen LogP contribution in [-0.4, -0.2) is 40.6 Å². The van der Waals surface area contributed by atoms with E-state index in [1.54, 1.807) is 12.1 Å². The standard InChI is InChI=1S/C19H16F2N2O3/c1-11(23-18(25)14-5-3-4-6-15(14)19(23)26)17(24)22(2)10-12-7-8-13(20)9-16(12)21/h3-9,11H,10H2,1-2H3. The summed E-state index contributed by atoms with van der Waals surface area (Å²) in [6, 6.07) is 8.39. The van der Waals surface area contributed by atoms with Crippen molar-refractivity contribution in [1.29, 1.82) is 0 Å². The Hall–Kier alpha value is -3.09. The Morgan fingerprint density at radius 2 is 1.65 bits per heavy atom. The smallest absolute Gasteiger partial charge is 0.262 e. The maximum absolute atomic E-state index is 13.8. The van der Waals surface area contributed by atoms with E-state index in [9.17, 15) is 23.2 Å². The molecule has 0 saturated heterocycles. The molecule has 0 fully saturated rings. The number of nitrogens with zero attached hydrogens (tertiary/aromatic N) is 2. The van der Waals surface area contributed by atoms with Gasteiger partial charge >= 0.3 is 0 Å². The summed E-state index contributed by atoms with van der Waals surface area (Å²) < 4.78 is 26.8. The number of hydrogen-bond donors (Lipinski definition) is 0. The first kappa shape index (κ1) is 17.7. The molecule has 3 rings (SSSR count). The Bertz CT molecular complexity index is 878. The van der Waals surface area contributed by atoms with Gasteiger partial charge < -0.3 is 4.90 Å². The summed E-state index contributed by atoms with van der Waals surface area (Å²) in [4.78, 5) is 39.7. The van der Waals surface area contributed by atoms with E-state index in [0.29, 0.717) is 0 Å². The van der Waals surface area contributed by atoms with Crippen LogP contribution in [0.15, 0.2) is 42.5 Å². The zero-order valence-electron chi connectivity index (χ0n) is 14.2. The Kier molecular flexibility index (Phi) is 4.54. The van der Waals surface area contributed by atoms with Crippen molar-refractivity contribution >= 4 is 17.7 Å². The second kappa shape index (κ2) is 6.67. The molecule has 0 aromatic heterocycles. The van der Waals surface area contributed by atoms with E-state index in [4.69, 9.17) is 0 Å². The summed E-state index contributed by atoms with van der Waals surface area (Å²) in [6.45, 7) is 1.33. The van der Waals surface area contributed by atoms with Crippen molar-refractivity contribution in [3.05, 3.63) is 70.8 Å². The molecular formula is C19H16F2N2O3. The van der Waals surface area contributed by atoms with Gasteiger partial charge in [-0.1, -0.05) is 18.2 Å². The number of likely N-dealkylation sites (N-methyl/N-ethyl adjacent to an activating group) is 1. The van der Waals surface area contributed by atoms with Gasteiger partial charge in [0, 0.05) is 25.2 Å². The van der Waals surface area contributed by atoms with Gasteiger partial charge in [0.2, 0.25) is 5.91 Å². The van der Waals surface area contributed by atoms with Crippen LogP contribution < -0.4 is 0 Å². The lowest BCUT2D eigenvalue weighted by Gasteiger charge is -2.27. The molecule has 3 amide bonds. The lowest BCUT2D eigenvalue weighted by Crippen LogP contribution is -2.48. The molecule has 0 spiro atoms. The first-order valence-electron chi connectivity index (χ1n) is 7.97. The second-order valence-electron chi connectivity index (χ2n) is 6.13. The third-order valence-corrected chi connectivity index (χ3v) is 4.37. The number of halogens is 2. The largest absolute Gasteiger partial charge is 0.340 e. The van der Waals surface area contributed by atoms with E-state index in [2.05, 4.69) is 0 Å². The summed E-state index contributed by atoms with van der Waals surface area (Å²) in [5, 5.41) is 0. The second-order valence-corrected chi connectivity index (χ2v) is 6.13. The average molecular weight is 358 g/mol. The zero-order valence-corrected chi connectivity index (χ0v) is 14.2. The van der Waals surface area contributed by atoms with Gasteiger partial charge in [0.25, 0.3) is 11.8 Å². The van der Waals surface area contributed by atoms with Crippen LogP contribution in [0, 0.1) is 11.6 Å². The number of benzene rings is 2. The van der Waals surface area contributed by atoms with E-state index >= 15 is 0 Å². The number of amides is 3. The highest BCUT2D eigenvalue weighted by molar-refractivity contribution is 6.22. The van der Waals surface area contributed by atoms with Crippen LogP contribution in [0.25, 0.3) is 0 Å². The SMILES string of the molecule is CC(C(=O)N(C)Cc1ccc(F)cc1F)N1C(=O)c2ccccc2C1=O. The molecule has 1 aliphatic heterocycles. The number of rotatable bonds is 4. The summed E-state index contributed by atoms with van der Waals surface area (Å²) >= 11 is 0. The number of hydrogen-bond acceptors (Lipinski definition) is 3. The molecule has 0 bridgehead atoms. The van der Waals surface area contributed by atoms with Crippen LogP contribution >= 0.6 is 0 Å². The fourth-order valence-electron chi connectivity index (χ4n) is 2.97. The third kappa shape index (κ3) is 2.96. The molecular weight excluding hydrogens is 342 g/mol. The molecule has 0 radical (unpaired) electrons. The molecule has 0 saturated carbocycles. The highest BCUT2D eigenvalue weighted by Crippen LogP contribution is 2.25. The average Bonchev–Trinajstić information content (AvgIpc) is 2.87. The molecule has 1 aliphatic rings. The topological polar surface area (TPSA) is 57.7 Å². The molecule has 1 heterocycles. The summed E-state index contributed by atoms with van der Waals surface area (Å²) in [5.41, 5.74) is 0.644. The molecule has 1 unspecified atom stereocenters. The monoisotopic (exact) mass is 358 g/mol.